The topological polar surface area (TPSA) is 112 Å². The molecule has 1 aliphatic heterocycles. The molecule has 1 fully saturated rings. The predicted molar refractivity (Wildman–Crippen MR) is 86.5 cm³/mol. The summed E-state index contributed by atoms with van der Waals surface area (Å²) in [6, 6.07) is -0.570. The number of piperidine rings is 1. The number of amides is 2. The fourth-order valence-corrected chi connectivity index (χ4v) is 3.07. The average Bonchev–Trinajstić information content (AvgIpc) is 2.81. The van der Waals surface area contributed by atoms with Crippen LogP contribution in [0.25, 0.3) is 0 Å². The van der Waals surface area contributed by atoms with Crippen molar-refractivity contribution in [2.24, 2.45) is 5.92 Å². The summed E-state index contributed by atoms with van der Waals surface area (Å²) in [5, 5.41) is 12.1. The highest BCUT2D eigenvalue weighted by Crippen LogP contribution is 2.29. The Bertz CT molecular complexity index is 676. The van der Waals surface area contributed by atoms with Gasteiger partial charge in [0.2, 0.25) is 0 Å². The van der Waals surface area contributed by atoms with Crippen molar-refractivity contribution in [3.63, 3.8) is 0 Å². The van der Waals surface area contributed by atoms with Gasteiger partial charge >= 0.3 is 12.1 Å². The van der Waals surface area contributed by atoms with E-state index >= 15 is 0 Å². The number of rotatable bonds is 3. The first-order valence-electron chi connectivity index (χ1n) is 7.16. The number of carbonyl (C=O) groups excluding carboxylic acids is 2. The van der Waals surface area contributed by atoms with Crippen LogP contribution in [0.4, 0.5) is 4.79 Å². The van der Waals surface area contributed by atoms with E-state index in [2.05, 4.69) is 10.3 Å². The SMILES string of the molecule is COC(=O)C1CN(C(=O)O)CCC1NC(=O)c1[nH]c(C)c(Cl)c1Cl. The van der Waals surface area contributed by atoms with Gasteiger partial charge in [-0.15, -0.1) is 0 Å². The summed E-state index contributed by atoms with van der Waals surface area (Å²) in [7, 11) is 1.21. The zero-order valence-corrected chi connectivity index (χ0v) is 14.6. The van der Waals surface area contributed by atoms with Gasteiger partial charge in [-0.1, -0.05) is 23.2 Å². The molecule has 8 nitrogen and oxygen atoms in total. The summed E-state index contributed by atoms with van der Waals surface area (Å²) in [5.41, 5.74) is 0.653. The number of esters is 1. The second-order valence-electron chi connectivity index (χ2n) is 5.48. The normalized spacial score (nSPS) is 20.6. The molecule has 2 rings (SSSR count). The van der Waals surface area contributed by atoms with Crippen molar-refractivity contribution in [3.05, 3.63) is 21.4 Å². The highest BCUT2D eigenvalue weighted by atomic mass is 35.5. The molecule has 0 saturated carbocycles. The Hall–Kier alpha value is -1.93. The molecule has 1 aromatic heterocycles. The Morgan fingerprint density at radius 3 is 2.50 bits per heavy atom. The van der Waals surface area contributed by atoms with Crippen molar-refractivity contribution in [1.29, 1.82) is 0 Å². The molecule has 2 amide bonds. The number of aryl methyl sites for hydroxylation is 1. The standard InChI is InChI=1S/C14H17Cl2N3O5/c1-6-9(15)10(16)11(17-6)12(20)18-8-3-4-19(14(22)23)5-7(8)13(21)24-2/h7-8,17H,3-5H2,1-2H3,(H,18,20)(H,22,23). The van der Waals surface area contributed by atoms with Gasteiger partial charge in [-0.25, -0.2) is 4.79 Å². The second kappa shape index (κ2) is 7.31. The Labute approximate surface area is 148 Å². The lowest BCUT2D eigenvalue weighted by Gasteiger charge is -2.35. The van der Waals surface area contributed by atoms with Crippen LogP contribution in [0.1, 0.15) is 22.6 Å². The number of carbonyl (C=O) groups is 3. The number of nitrogens with one attached hydrogen (secondary N) is 2. The monoisotopic (exact) mass is 377 g/mol. The Morgan fingerprint density at radius 1 is 1.33 bits per heavy atom. The molecular weight excluding hydrogens is 361 g/mol. The largest absolute Gasteiger partial charge is 0.469 e. The van der Waals surface area contributed by atoms with Crippen LogP contribution in [0.5, 0.6) is 0 Å². The minimum Gasteiger partial charge on any atom is -0.469 e. The summed E-state index contributed by atoms with van der Waals surface area (Å²) in [4.78, 5) is 39.3. The molecular formula is C14H17Cl2N3O5. The highest BCUT2D eigenvalue weighted by Gasteiger charge is 2.38. The first-order valence-corrected chi connectivity index (χ1v) is 7.92. The van der Waals surface area contributed by atoms with Crippen LogP contribution in [-0.4, -0.2) is 59.2 Å². The van der Waals surface area contributed by atoms with Crippen LogP contribution in [0.2, 0.25) is 10.0 Å². The summed E-state index contributed by atoms with van der Waals surface area (Å²) < 4.78 is 4.72. The maximum atomic E-state index is 12.4. The van der Waals surface area contributed by atoms with E-state index in [0.29, 0.717) is 5.69 Å². The number of carboxylic acid groups (broad SMARTS) is 1. The van der Waals surface area contributed by atoms with E-state index in [-0.39, 0.29) is 35.2 Å². The van der Waals surface area contributed by atoms with Crippen molar-refractivity contribution >= 4 is 41.2 Å². The van der Waals surface area contributed by atoms with Gasteiger partial charge in [0.15, 0.2) is 0 Å². The van der Waals surface area contributed by atoms with E-state index in [1.54, 1.807) is 6.92 Å². The number of ether oxygens (including phenoxy) is 1. The molecule has 2 unspecified atom stereocenters. The first-order chi connectivity index (χ1) is 11.3. The van der Waals surface area contributed by atoms with E-state index in [4.69, 9.17) is 33.0 Å². The maximum absolute atomic E-state index is 12.4. The third kappa shape index (κ3) is 3.59. The molecule has 0 bridgehead atoms. The molecule has 0 aliphatic carbocycles. The molecule has 1 saturated heterocycles. The number of methoxy groups -OCH3 is 1. The number of aromatic amines is 1. The zero-order valence-electron chi connectivity index (χ0n) is 13.1. The van der Waals surface area contributed by atoms with Crippen LogP contribution in [0, 0.1) is 12.8 Å². The van der Waals surface area contributed by atoms with Crippen LogP contribution in [0.3, 0.4) is 0 Å². The van der Waals surface area contributed by atoms with Crippen molar-refractivity contribution in [1.82, 2.24) is 15.2 Å². The number of halogens is 2. The van der Waals surface area contributed by atoms with Gasteiger partial charge in [-0.3, -0.25) is 9.59 Å². The maximum Gasteiger partial charge on any atom is 0.407 e. The second-order valence-corrected chi connectivity index (χ2v) is 6.24. The number of nitrogens with zero attached hydrogens (tertiary/aromatic N) is 1. The van der Waals surface area contributed by atoms with Crippen LogP contribution >= 0.6 is 23.2 Å². The first kappa shape index (κ1) is 18.4. The molecule has 0 aromatic carbocycles. The molecule has 3 N–H and O–H groups in total. The van der Waals surface area contributed by atoms with Gasteiger partial charge in [0.05, 0.1) is 23.1 Å². The van der Waals surface area contributed by atoms with E-state index in [1.165, 1.54) is 7.11 Å². The molecule has 10 heteroatoms. The third-order valence-electron chi connectivity index (χ3n) is 3.98. The minimum absolute atomic E-state index is 0.0504. The van der Waals surface area contributed by atoms with Gasteiger partial charge < -0.3 is 25.0 Å². The average molecular weight is 378 g/mol. The molecule has 0 spiro atoms. The summed E-state index contributed by atoms with van der Waals surface area (Å²) in [6.07, 6.45) is -0.841. The van der Waals surface area contributed by atoms with E-state index in [0.717, 1.165) is 4.90 Å². The number of aromatic nitrogens is 1. The van der Waals surface area contributed by atoms with Crippen LogP contribution in [-0.2, 0) is 9.53 Å². The lowest BCUT2D eigenvalue weighted by Crippen LogP contribution is -2.55. The highest BCUT2D eigenvalue weighted by molar-refractivity contribution is 6.44. The Kier molecular flexibility index (Phi) is 5.61. The molecule has 2 atom stereocenters. The van der Waals surface area contributed by atoms with Gasteiger partial charge in [0, 0.05) is 24.8 Å². The summed E-state index contributed by atoms with van der Waals surface area (Å²) in [6.45, 7) is 1.82. The smallest absolute Gasteiger partial charge is 0.407 e. The molecule has 132 valence electrons. The van der Waals surface area contributed by atoms with E-state index in [1.807, 2.05) is 0 Å². The number of hydrogen-bond acceptors (Lipinski definition) is 4. The molecule has 1 aliphatic rings. The van der Waals surface area contributed by atoms with Gasteiger partial charge in [-0.05, 0) is 13.3 Å². The van der Waals surface area contributed by atoms with Crippen molar-refractivity contribution in [3.8, 4) is 0 Å². The fourth-order valence-electron chi connectivity index (χ4n) is 2.66. The molecule has 2 heterocycles. The lowest BCUT2D eigenvalue weighted by molar-refractivity contribution is -0.147. The van der Waals surface area contributed by atoms with Crippen molar-refractivity contribution < 1.29 is 24.2 Å². The van der Waals surface area contributed by atoms with Gasteiger partial charge in [0.25, 0.3) is 5.91 Å². The summed E-state index contributed by atoms with van der Waals surface area (Å²) >= 11 is 12.0. The Balaban J connectivity index is 2.17. The molecule has 1 aromatic rings. The number of likely N-dealkylation sites (tertiary alicyclic amines) is 1. The number of H-pyrrole nitrogens is 1. The fraction of sp³-hybridized carbons (Fsp3) is 0.500. The zero-order chi connectivity index (χ0) is 18.0. The van der Waals surface area contributed by atoms with Crippen LogP contribution < -0.4 is 5.32 Å². The molecule has 0 radical (unpaired) electrons. The quantitative estimate of drug-likeness (QED) is 0.696. The van der Waals surface area contributed by atoms with E-state index < -0.39 is 29.9 Å². The van der Waals surface area contributed by atoms with Crippen molar-refractivity contribution in [2.45, 2.75) is 19.4 Å². The predicted octanol–water partition coefficient (Wildman–Crippen LogP) is 1.90. The van der Waals surface area contributed by atoms with Gasteiger partial charge in [-0.2, -0.15) is 0 Å². The number of hydrogen-bond donors (Lipinski definition) is 3. The lowest BCUT2D eigenvalue weighted by atomic mass is 9.92. The van der Waals surface area contributed by atoms with E-state index in [9.17, 15) is 14.4 Å². The van der Waals surface area contributed by atoms with Crippen LogP contribution in [0.15, 0.2) is 0 Å². The Morgan fingerprint density at radius 2 is 2.00 bits per heavy atom. The van der Waals surface area contributed by atoms with Crippen molar-refractivity contribution in [2.75, 3.05) is 20.2 Å². The third-order valence-corrected chi connectivity index (χ3v) is 4.93. The molecule has 24 heavy (non-hydrogen) atoms. The van der Waals surface area contributed by atoms with Gasteiger partial charge in [0.1, 0.15) is 5.69 Å². The summed E-state index contributed by atoms with van der Waals surface area (Å²) in [5.74, 6) is -1.90. The minimum atomic E-state index is -1.12.